The first-order valence-electron chi connectivity index (χ1n) is 22.1. The molecule has 0 fully saturated rings. The highest BCUT2D eigenvalue weighted by Gasteiger charge is 2.21. The number of fused-ring (bicyclic) bond motifs is 3. The first-order valence-corrected chi connectivity index (χ1v) is 22.1. The maximum absolute atomic E-state index is 5.38. The number of nitrogens with zero attached hydrogens (tertiary/aromatic N) is 7. The van der Waals surface area contributed by atoms with Crippen molar-refractivity contribution in [2.24, 2.45) is 0 Å². The lowest BCUT2D eigenvalue weighted by molar-refractivity contribution is 0.978. The summed E-state index contributed by atoms with van der Waals surface area (Å²) in [6.07, 6.45) is 8.22. The lowest BCUT2D eigenvalue weighted by Crippen LogP contribution is -2.10. The van der Waals surface area contributed by atoms with E-state index in [-0.39, 0.29) is 5.92 Å². The van der Waals surface area contributed by atoms with E-state index in [1.165, 1.54) is 11.1 Å². The van der Waals surface area contributed by atoms with E-state index in [2.05, 4.69) is 184 Å². The SMILES string of the molecule is c1ccc(C(c2ccc(-c3cn4ccccc4n3)cc2)c2cccc(-c3nc4ccccc4nc3-c3cccc(N(c4ccccc4)c4ccc(-c5cn6ccccc6n5)cc4)c3)c2)cc1. The number of imidazole rings is 2. The summed E-state index contributed by atoms with van der Waals surface area (Å²) in [5.41, 5.74) is 17.8. The molecule has 12 aromatic rings. The molecule has 12 rings (SSSR count). The number of aromatic nitrogens is 6. The third-order valence-corrected chi connectivity index (χ3v) is 12.3. The Labute approximate surface area is 382 Å². The van der Waals surface area contributed by atoms with Crippen molar-refractivity contribution in [1.82, 2.24) is 28.7 Å². The first kappa shape index (κ1) is 38.7. The largest absolute Gasteiger partial charge is 0.310 e. The Morgan fingerprint density at radius 1 is 0.333 bits per heavy atom. The zero-order valence-electron chi connectivity index (χ0n) is 35.8. The average Bonchev–Trinajstić information content (AvgIpc) is 4.03. The molecule has 0 saturated heterocycles. The number of benzene rings is 7. The van der Waals surface area contributed by atoms with Gasteiger partial charge in [0.05, 0.1) is 33.8 Å². The second kappa shape index (κ2) is 16.6. The van der Waals surface area contributed by atoms with Gasteiger partial charge in [0, 0.05) is 70.0 Å². The molecule has 7 heteroatoms. The molecule has 312 valence electrons. The predicted molar refractivity (Wildman–Crippen MR) is 267 cm³/mol. The minimum atomic E-state index is -0.0278. The lowest BCUT2D eigenvalue weighted by atomic mass is 9.84. The molecule has 7 nitrogen and oxygen atoms in total. The van der Waals surface area contributed by atoms with Crippen LogP contribution in [0.5, 0.6) is 0 Å². The van der Waals surface area contributed by atoms with Gasteiger partial charge in [-0.1, -0.05) is 140 Å². The number of hydrogen-bond acceptors (Lipinski definition) is 5. The van der Waals surface area contributed by atoms with Gasteiger partial charge in [0.25, 0.3) is 0 Å². The number of hydrogen-bond donors (Lipinski definition) is 0. The van der Waals surface area contributed by atoms with Crippen LogP contribution in [0, 0.1) is 0 Å². The van der Waals surface area contributed by atoms with Crippen LogP contribution in [0.25, 0.3) is 67.4 Å². The van der Waals surface area contributed by atoms with Gasteiger partial charge >= 0.3 is 0 Å². The van der Waals surface area contributed by atoms with E-state index >= 15 is 0 Å². The molecule has 0 saturated carbocycles. The summed E-state index contributed by atoms with van der Waals surface area (Å²) >= 11 is 0. The zero-order chi connectivity index (χ0) is 43.8. The number of rotatable bonds is 10. The van der Waals surface area contributed by atoms with Gasteiger partial charge in [-0.3, -0.25) is 0 Å². The maximum Gasteiger partial charge on any atom is 0.137 e. The van der Waals surface area contributed by atoms with Gasteiger partial charge in [0.15, 0.2) is 0 Å². The van der Waals surface area contributed by atoms with Crippen molar-refractivity contribution in [2.75, 3.05) is 4.90 Å². The van der Waals surface area contributed by atoms with Crippen molar-refractivity contribution in [1.29, 1.82) is 0 Å². The summed E-state index contributed by atoms with van der Waals surface area (Å²) in [5.74, 6) is -0.0278. The Bertz CT molecular complexity index is 3340. The van der Waals surface area contributed by atoms with Gasteiger partial charge in [-0.2, -0.15) is 0 Å². The van der Waals surface area contributed by atoms with Crippen LogP contribution < -0.4 is 4.90 Å². The fourth-order valence-corrected chi connectivity index (χ4v) is 9.08. The van der Waals surface area contributed by atoms with E-state index in [1.807, 2.05) is 73.1 Å². The summed E-state index contributed by atoms with van der Waals surface area (Å²) in [4.78, 5) is 22.8. The van der Waals surface area contributed by atoms with E-state index in [0.29, 0.717) is 0 Å². The van der Waals surface area contributed by atoms with Gasteiger partial charge in [-0.25, -0.2) is 19.9 Å². The third kappa shape index (κ3) is 7.34. The third-order valence-electron chi connectivity index (χ3n) is 12.3. The standard InChI is InChI=1S/C59H41N7/c1-3-15-43(16-4-1)57(44-29-27-41(28-30-44)53-39-64-35-11-9-25-55(64)60-53)45-17-13-18-46(37-45)58-59(63-52-24-8-7-23-51(52)62-58)47-19-14-22-50(38-47)66(48-20-5-2-6-21-48)49-33-31-42(32-34-49)54-40-65-36-12-10-26-56(65)61-54/h1-40,57H. The minimum Gasteiger partial charge on any atom is -0.310 e. The van der Waals surface area contributed by atoms with Crippen molar-refractivity contribution in [2.45, 2.75) is 5.92 Å². The van der Waals surface area contributed by atoms with Gasteiger partial charge < -0.3 is 13.7 Å². The van der Waals surface area contributed by atoms with E-state index in [9.17, 15) is 0 Å². The highest BCUT2D eigenvalue weighted by atomic mass is 15.1. The van der Waals surface area contributed by atoms with Crippen LogP contribution in [0.1, 0.15) is 22.6 Å². The highest BCUT2D eigenvalue weighted by molar-refractivity contribution is 5.88. The van der Waals surface area contributed by atoms with Crippen molar-refractivity contribution < 1.29 is 0 Å². The van der Waals surface area contributed by atoms with Crippen LogP contribution >= 0.6 is 0 Å². The maximum atomic E-state index is 5.38. The van der Waals surface area contributed by atoms with Gasteiger partial charge in [0.2, 0.25) is 0 Å². The summed E-state index contributed by atoms with van der Waals surface area (Å²) in [7, 11) is 0. The molecular weight excluding hydrogens is 807 g/mol. The minimum absolute atomic E-state index is 0.0278. The van der Waals surface area contributed by atoms with Crippen molar-refractivity contribution in [3.8, 4) is 45.0 Å². The van der Waals surface area contributed by atoms with Crippen LogP contribution in [0.15, 0.2) is 243 Å². The Balaban J connectivity index is 0.943. The molecule has 0 aliphatic rings. The molecule has 1 unspecified atom stereocenters. The quantitative estimate of drug-likeness (QED) is 0.128. The van der Waals surface area contributed by atoms with E-state index < -0.39 is 0 Å². The normalized spacial score (nSPS) is 11.9. The Kier molecular flexibility index (Phi) is 9.76. The second-order valence-corrected chi connectivity index (χ2v) is 16.5. The zero-order valence-corrected chi connectivity index (χ0v) is 35.8. The number of pyridine rings is 2. The molecular formula is C59H41N7. The molecule has 5 aromatic heterocycles. The molecule has 1 atom stereocenters. The van der Waals surface area contributed by atoms with Crippen molar-refractivity contribution >= 4 is 39.4 Å². The predicted octanol–water partition coefficient (Wildman–Crippen LogP) is 14.2. The van der Waals surface area contributed by atoms with Crippen LogP contribution in [-0.2, 0) is 0 Å². The van der Waals surface area contributed by atoms with Gasteiger partial charge in [-0.15, -0.1) is 0 Å². The molecule has 7 aromatic carbocycles. The summed E-state index contributed by atoms with van der Waals surface area (Å²) in [6, 6.07) is 76.4. The fourth-order valence-electron chi connectivity index (χ4n) is 9.08. The Morgan fingerprint density at radius 2 is 0.803 bits per heavy atom. The van der Waals surface area contributed by atoms with Crippen LogP contribution in [0.3, 0.4) is 0 Å². The lowest BCUT2D eigenvalue weighted by Gasteiger charge is -2.26. The summed E-state index contributed by atoms with van der Waals surface area (Å²) in [6.45, 7) is 0. The van der Waals surface area contributed by atoms with E-state index in [1.54, 1.807) is 0 Å². The molecule has 0 spiro atoms. The Morgan fingerprint density at radius 3 is 1.41 bits per heavy atom. The molecule has 0 aliphatic heterocycles. The first-order chi connectivity index (χ1) is 32.7. The van der Waals surface area contributed by atoms with E-state index in [0.717, 1.165) is 90.0 Å². The van der Waals surface area contributed by atoms with E-state index in [4.69, 9.17) is 19.9 Å². The topological polar surface area (TPSA) is 63.6 Å². The van der Waals surface area contributed by atoms with Crippen molar-refractivity contribution in [3.63, 3.8) is 0 Å². The molecule has 66 heavy (non-hydrogen) atoms. The van der Waals surface area contributed by atoms with Crippen LogP contribution in [-0.4, -0.2) is 28.7 Å². The molecule has 0 aliphatic carbocycles. The molecule has 0 amide bonds. The summed E-state index contributed by atoms with van der Waals surface area (Å²) < 4.78 is 4.11. The van der Waals surface area contributed by atoms with Crippen molar-refractivity contribution in [3.05, 3.63) is 260 Å². The molecule has 5 heterocycles. The smallest absolute Gasteiger partial charge is 0.137 e. The van der Waals surface area contributed by atoms with Gasteiger partial charge in [0.1, 0.15) is 11.3 Å². The number of para-hydroxylation sites is 3. The van der Waals surface area contributed by atoms with Crippen LogP contribution in [0.2, 0.25) is 0 Å². The molecule has 0 N–H and O–H groups in total. The molecule has 0 bridgehead atoms. The fraction of sp³-hybridized carbons (Fsp3) is 0.0169. The molecule has 0 radical (unpaired) electrons. The van der Waals surface area contributed by atoms with Crippen LogP contribution in [0.4, 0.5) is 17.1 Å². The summed E-state index contributed by atoms with van der Waals surface area (Å²) in [5, 5.41) is 0. The highest BCUT2D eigenvalue weighted by Crippen LogP contribution is 2.41. The monoisotopic (exact) mass is 847 g/mol. The average molecular weight is 848 g/mol. The number of anilines is 3. The Hall–Kier alpha value is -8.94. The second-order valence-electron chi connectivity index (χ2n) is 16.5. The van der Waals surface area contributed by atoms with Gasteiger partial charge in [-0.05, 0) is 95.6 Å².